The van der Waals surface area contributed by atoms with Crippen LogP contribution in [-0.4, -0.2) is 40.6 Å². The van der Waals surface area contributed by atoms with Crippen LogP contribution < -0.4 is 4.90 Å². The number of anilines is 1. The Hall–Kier alpha value is -3.68. The molecule has 30 heavy (non-hydrogen) atoms. The van der Waals surface area contributed by atoms with Gasteiger partial charge in [0.1, 0.15) is 11.3 Å². The fourth-order valence-electron chi connectivity index (χ4n) is 3.77. The van der Waals surface area contributed by atoms with Gasteiger partial charge in [0.15, 0.2) is 5.75 Å². The molecule has 0 unspecified atom stereocenters. The summed E-state index contributed by atoms with van der Waals surface area (Å²) in [6.07, 6.45) is 0.943. The van der Waals surface area contributed by atoms with E-state index in [0.29, 0.717) is 16.6 Å². The maximum absolute atomic E-state index is 13.2. The summed E-state index contributed by atoms with van der Waals surface area (Å²) < 4.78 is 18.3. The Balaban J connectivity index is 1.83. The Bertz CT molecular complexity index is 1150. The van der Waals surface area contributed by atoms with Crippen LogP contribution in [0.3, 0.4) is 0 Å². The monoisotopic (exact) mass is 409 g/mol. The number of halogens is 1. The molecule has 3 aromatic rings. The number of rotatable bonds is 4. The molecule has 0 bridgehead atoms. The number of carbonyl (C=O) groups is 2. The molecule has 154 valence electrons. The van der Waals surface area contributed by atoms with Crippen LogP contribution in [0.4, 0.5) is 14.9 Å². The quantitative estimate of drug-likeness (QED) is 0.708. The summed E-state index contributed by atoms with van der Waals surface area (Å²) in [5.41, 5.74) is 2.10. The summed E-state index contributed by atoms with van der Waals surface area (Å²) in [5, 5.41) is 11.4. The van der Waals surface area contributed by atoms with Gasteiger partial charge >= 0.3 is 6.09 Å². The Morgan fingerprint density at radius 1 is 1.30 bits per heavy atom. The van der Waals surface area contributed by atoms with Gasteiger partial charge in [-0.05, 0) is 36.8 Å². The molecule has 0 spiro atoms. The highest BCUT2D eigenvalue weighted by Crippen LogP contribution is 2.44. The Labute approximate surface area is 172 Å². The molecule has 0 radical (unpaired) electrons. The van der Waals surface area contributed by atoms with Crippen molar-refractivity contribution in [1.29, 1.82) is 0 Å². The van der Waals surface area contributed by atoms with Crippen molar-refractivity contribution in [3.8, 4) is 5.75 Å². The van der Waals surface area contributed by atoms with Crippen LogP contribution >= 0.6 is 0 Å². The second-order valence-electron chi connectivity index (χ2n) is 7.00. The van der Waals surface area contributed by atoms with Crippen molar-refractivity contribution in [3.63, 3.8) is 0 Å². The van der Waals surface area contributed by atoms with E-state index in [1.54, 1.807) is 43.1 Å². The number of aromatic nitrogens is 1. The molecule has 7 nitrogen and oxygen atoms in total. The topological polar surface area (TPSA) is 83.0 Å². The molecule has 2 amide bonds. The van der Waals surface area contributed by atoms with E-state index in [1.165, 1.54) is 23.2 Å². The van der Waals surface area contributed by atoms with Crippen LogP contribution in [0.2, 0.25) is 0 Å². The number of ether oxygens (including phenoxy) is 1. The first kappa shape index (κ1) is 19.6. The van der Waals surface area contributed by atoms with E-state index in [1.807, 2.05) is 0 Å². The zero-order valence-corrected chi connectivity index (χ0v) is 16.6. The van der Waals surface area contributed by atoms with Crippen molar-refractivity contribution in [2.45, 2.75) is 20.0 Å². The largest absolute Gasteiger partial charge is 0.505 e. The summed E-state index contributed by atoms with van der Waals surface area (Å²) in [7, 11) is 1.56. The number of aromatic hydroxyl groups is 1. The van der Waals surface area contributed by atoms with Crippen LogP contribution in [0.5, 0.6) is 5.75 Å². The molecule has 2 aromatic carbocycles. The summed E-state index contributed by atoms with van der Waals surface area (Å²) in [5.74, 6) is -0.950. The maximum Gasteiger partial charge on any atom is 0.414 e. The highest BCUT2D eigenvalue weighted by molar-refractivity contribution is 6.13. The predicted octanol–water partition coefficient (Wildman–Crippen LogP) is 3.83. The number of hydrogen-bond acceptors (Lipinski definition) is 5. The third-order valence-electron chi connectivity index (χ3n) is 5.13. The normalized spacial score (nSPS) is 12.9. The van der Waals surface area contributed by atoms with Crippen molar-refractivity contribution in [1.82, 2.24) is 9.88 Å². The molecule has 4 rings (SSSR count). The van der Waals surface area contributed by atoms with E-state index in [9.17, 15) is 19.1 Å². The molecular weight excluding hydrogens is 389 g/mol. The lowest BCUT2D eigenvalue weighted by Gasteiger charge is -2.22. The molecule has 1 aromatic heterocycles. The molecular formula is C22H20FN3O4. The standard InChI is InChI=1S/C22H20FN3O4/c1-3-30-22(29)25(2)19-15-5-4-10-24-18(15)20(27)17-16(19)12-26(21(17)28)11-13-6-8-14(23)9-7-13/h4-10,27H,3,11-12H2,1-2H3. The summed E-state index contributed by atoms with van der Waals surface area (Å²) in [6.45, 7) is 2.33. The maximum atomic E-state index is 13.2. The summed E-state index contributed by atoms with van der Waals surface area (Å²) in [6, 6.07) is 9.31. The van der Waals surface area contributed by atoms with E-state index >= 15 is 0 Å². The Morgan fingerprint density at radius 2 is 2.03 bits per heavy atom. The fraction of sp³-hybridized carbons (Fsp3) is 0.227. The number of nitrogens with zero attached hydrogens (tertiary/aromatic N) is 3. The van der Waals surface area contributed by atoms with Gasteiger partial charge in [-0.25, -0.2) is 9.18 Å². The first-order chi connectivity index (χ1) is 14.4. The average Bonchev–Trinajstić information content (AvgIpc) is 3.06. The average molecular weight is 409 g/mol. The smallest absolute Gasteiger partial charge is 0.414 e. The lowest BCUT2D eigenvalue weighted by molar-refractivity contribution is 0.0764. The van der Waals surface area contributed by atoms with Crippen LogP contribution in [0, 0.1) is 5.82 Å². The molecule has 0 saturated carbocycles. The Morgan fingerprint density at radius 3 is 2.73 bits per heavy atom. The van der Waals surface area contributed by atoms with E-state index in [-0.39, 0.29) is 48.3 Å². The minimum atomic E-state index is -0.569. The third-order valence-corrected chi connectivity index (χ3v) is 5.13. The second-order valence-corrected chi connectivity index (χ2v) is 7.00. The second kappa shape index (κ2) is 7.62. The van der Waals surface area contributed by atoms with Gasteiger partial charge in [-0.15, -0.1) is 0 Å². The van der Waals surface area contributed by atoms with Crippen molar-refractivity contribution >= 4 is 28.6 Å². The lowest BCUT2D eigenvalue weighted by atomic mass is 10.0. The molecule has 2 heterocycles. The number of carbonyl (C=O) groups excluding carboxylic acids is 2. The SMILES string of the molecule is CCOC(=O)N(C)c1c2c(c(O)c3ncccc13)C(=O)N(Cc1ccc(F)cc1)C2. The number of phenols is 1. The number of fused-ring (bicyclic) bond motifs is 2. The van der Waals surface area contributed by atoms with E-state index in [4.69, 9.17) is 4.74 Å². The highest BCUT2D eigenvalue weighted by Gasteiger charge is 2.36. The number of hydrogen-bond donors (Lipinski definition) is 1. The number of amides is 2. The molecule has 0 fully saturated rings. The molecule has 0 atom stereocenters. The van der Waals surface area contributed by atoms with E-state index in [0.717, 1.165) is 5.56 Å². The summed E-state index contributed by atoms with van der Waals surface area (Å²) >= 11 is 0. The van der Waals surface area contributed by atoms with Gasteiger partial charge in [-0.3, -0.25) is 14.7 Å². The van der Waals surface area contributed by atoms with Gasteiger partial charge in [-0.1, -0.05) is 12.1 Å². The first-order valence-electron chi connectivity index (χ1n) is 9.49. The fourth-order valence-corrected chi connectivity index (χ4v) is 3.77. The van der Waals surface area contributed by atoms with Gasteiger partial charge in [0, 0.05) is 37.3 Å². The van der Waals surface area contributed by atoms with Crippen LogP contribution in [0.25, 0.3) is 10.9 Å². The zero-order chi connectivity index (χ0) is 21.4. The van der Waals surface area contributed by atoms with Crippen LogP contribution in [0.1, 0.15) is 28.4 Å². The highest BCUT2D eigenvalue weighted by atomic mass is 19.1. The number of benzene rings is 2. The van der Waals surface area contributed by atoms with Crippen molar-refractivity contribution in [2.75, 3.05) is 18.6 Å². The third kappa shape index (κ3) is 3.20. The first-order valence-corrected chi connectivity index (χ1v) is 9.49. The minimum absolute atomic E-state index is 0.120. The molecule has 1 N–H and O–H groups in total. The zero-order valence-electron chi connectivity index (χ0n) is 16.6. The molecule has 1 aliphatic heterocycles. The van der Waals surface area contributed by atoms with E-state index in [2.05, 4.69) is 4.98 Å². The van der Waals surface area contributed by atoms with Crippen LogP contribution in [-0.2, 0) is 17.8 Å². The van der Waals surface area contributed by atoms with Gasteiger partial charge in [0.05, 0.1) is 17.9 Å². The molecule has 0 aliphatic carbocycles. The number of phenolic OH excluding ortho intramolecular Hbond substituents is 1. The van der Waals surface area contributed by atoms with Gasteiger partial charge in [0.25, 0.3) is 5.91 Å². The van der Waals surface area contributed by atoms with Gasteiger partial charge < -0.3 is 14.7 Å². The van der Waals surface area contributed by atoms with Gasteiger partial charge in [0.2, 0.25) is 0 Å². The predicted molar refractivity (Wildman–Crippen MR) is 109 cm³/mol. The van der Waals surface area contributed by atoms with Crippen molar-refractivity contribution < 1.29 is 23.8 Å². The van der Waals surface area contributed by atoms with Crippen molar-refractivity contribution in [2.24, 2.45) is 0 Å². The Kier molecular flexibility index (Phi) is 4.99. The van der Waals surface area contributed by atoms with Gasteiger partial charge in [-0.2, -0.15) is 0 Å². The molecule has 8 heteroatoms. The van der Waals surface area contributed by atoms with E-state index < -0.39 is 6.09 Å². The minimum Gasteiger partial charge on any atom is -0.505 e. The molecule has 0 saturated heterocycles. The lowest BCUT2D eigenvalue weighted by Crippen LogP contribution is -2.28. The van der Waals surface area contributed by atoms with Crippen LogP contribution in [0.15, 0.2) is 42.6 Å². The molecule has 1 aliphatic rings. The summed E-state index contributed by atoms with van der Waals surface area (Å²) in [4.78, 5) is 32.7. The number of pyridine rings is 1. The van der Waals surface area contributed by atoms with Crippen molar-refractivity contribution in [3.05, 3.63) is 65.1 Å².